The number of hydrogen-bond donors (Lipinski definition) is 0. The molecular weight excluding hydrogens is 215 g/mol. The van der Waals surface area contributed by atoms with Gasteiger partial charge in [-0.05, 0) is 20.7 Å². The molecule has 0 spiro atoms. The minimum absolute atomic E-state index is 0.225. The maximum absolute atomic E-state index is 11.5. The summed E-state index contributed by atoms with van der Waals surface area (Å²) in [4.78, 5) is 22.9. The zero-order valence-corrected chi connectivity index (χ0v) is 9.60. The van der Waals surface area contributed by atoms with Crippen LogP contribution < -0.4 is 0 Å². The molecule has 0 aromatic carbocycles. The number of carbonyl (C=O) groups excluding carboxylic acids is 2. The Morgan fingerprint density at radius 2 is 1.44 bits per heavy atom. The highest BCUT2D eigenvalue weighted by molar-refractivity contribution is 6.44. The van der Waals surface area contributed by atoms with Crippen LogP contribution in [-0.2, 0) is 28.4 Å². The van der Waals surface area contributed by atoms with E-state index >= 15 is 0 Å². The summed E-state index contributed by atoms with van der Waals surface area (Å²) in [5.41, 5.74) is 0. The number of rotatable bonds is 4. The van der Waals surface area contributed by atoms with Gasteiger partial charge in [-0.1, -0.05) is 0 Å². The number of esters is 2. The SMILES string of the molecule is CCOC(=O)[C@H]1OB(C)O[C@@H]1C(=O)OCC. The quantitative estimate of drug-likeness (QED) is 0.500. The van der Waals surface area contributed by atoms with Gasteiger partial charge in [0.2, 0.25) is 0 Å². The van der Waals surface area contributed by atoms with Crippen LogP contribution in [0.4, 0.5) is 0 Å². The van der Waals surface area contributed by atoms with Crippen molar-refractivity contribution in [2.75, 3.05) is 13.2 Å². The first-order chi connectivity index (χ1) is 7.60. The molecule has 0 radical (unpaired) electrons. The minimum atomic E-state index is -1.03. The number of hydrogen-bond acceptors (Lipinski definition) is 6. The van der Waals surface area contributed by atoms with Crippen LogP contribution in [0, 0.1) is 0 Å². The van der Waals surface area contributed by atoms with Crippen molar-refractivity contribution in [1.82, 2.24) is 0 Å². The van der Waals surface area contributed by atoms with Crippen molar-refractivity contribution >= 4 is 19.1 Å². The van der Waals surface area contributed by atoms with Crippen LogP contribution in [0.25, 0.3) is 0 Å². The van der Waals surface area contributed by atoms with Crippen molar-refractivity contribution in [3.05, 3.63) is 0 Å². The Labute approximate surface area is 94.3 Å². The third kappa shape index (κ3) is 2.96. The largest absolute Gasteiger partial charge is 0.464 e. The molecule has 1 aliphatic heterocycles. The lowest BCUT2D eigenvalue weighted by Gasteiger charge is -2.15. The smallest absolute Gasteiger partial charge is 0.454 e. The monoisotopic (exact) mass is 230 g/mol. The molecule has 90 valence electrons. The summed E-state index contributed by atoms with van der Waals surface area (Å²) in [6, 6.07) is 0. The topological polar surface area (TPSA) is 71.1 Å². The van der Waals surface area contributed by atoms with Crippen molar-refractivity contribution in [2.45, 2.75) is 32.9 Å². The minimum Gasteiger partial charge on any atom is -0.464 e. The average molecular weight is 230 g/mol. The first kappa shape index (κ1) is 13.0. The molecule has 0 aliphatic carbocycles. The first-order valence-corrected chi connectivity index (χ1v) is 5.24. The summed E-state index contributed by atoms with van der Waals surface area (Å²) in [6.45, 7) is 5.41. The summed E-state index contributed by atoms with van der Waals surface area (Å²) in [7, 11) is -0.621. The summed E-state index contributed by atoms with van der Waals surface area (Å²) in [5.74, 6) is -1.21. The van der Waals surface area contributed by atoms with E-state index in [2.05, 4.69) is 0 Å². The summed E-state index contributed by atoms with van der Waals surface area (Å²) < 4.78 is 19.9. The molecule has 1 fully saturated rings. The van der Waals surface area contributed by atoms with E-state index in [4.69, 9.17) is 18.8 Å². The Bertz CT molecular complexity index is 243. The Morgan fingerprint density at radius 3 is 1.75 bits per heavy atom. The zero-order valence-electron chi connectivity index (χ0n) is 9.60. The highest BCUT2D eigenvalue weighted by atomic mass is 16.7. The van der Waals surface area contributed by atoms with E-state index in [1.165, 1.54) is 0 Å². The maximum Gasteiger partial charge on any atom is 0.454 e. The van der Waals surface area contributed by atoms with Gasteiger partial charge in [0, 0.05) is 0 Å². The van der Waals surface area contributed by atoms with Crippen LogP contribution >= 0.6 is 0 Å². The lowest BCUT2D eigenvalue weighted by Crippen LogP contribution is -2.39. The molecule has 0 bridgehead atoms. The molecule has 1 rings (SSSR count). The molecule has 6 nitrogen and oxygen atoms in total. The van der Waals surface area contributed by atoms with Gasteiger partial charge in [0.05, 0.1) is 13.2 Å². The fourth-order valence-corrected chi connectivity index (χ4v) is 1.39. The first-order valence-electron chi connectivity index (χ1n) is 5.24. The van der Waals surface area contributed by atoms with Crippen molar-refractivity contribution in [2.24, 2.45) is 0 Å². The number of ether oxygens (including phenoxy) is 2. The van der Waals surface area contributed by atoms with Gasteiger partial charge in [0.15, 0.2) is 12.2 Å². The lowest BCUT2D eigenvalue weighted by atomic mass is 9.97. The Hall–Kier alpha value is -1.08. The molecule has 0 unspecified atom stereocenters. The summed E-state index contributed by atoms with van der Waals surface area (Å²) in [6.07, 6.45) is -2.07. The predicted octanol–water partition coefficient (Wildman–Crippen LogP) is 0.0146. The Balaban J connectivity index is 2.66. The summed E-state index contributed by atoms with van der Waals surface area (Å²) >= 11 is 0. The average Bonchev–Trinajstić information content (AvgIpc) is 2.61. The molecule has 1 saturated heterocycles. The maximum atomic E-state index is 11.5. The van der Waals surface area contributed by atoms with Crippen LogP contribution in [0.2, 0.25) is 6.82 Å². The van der Waals surface area contributed by atoms with Crippen molar-refractivity contribution in [1.29, 1.82) is 0 Å². The molecule has 0 aromatic heterocycles. The second kappa shape index (κ2) is 5.86. The van der Waals surface area contributed by atoms with E-state index in [1.54, 1.807) is 20.7 Å². The zero-order chi connectivity index (χ0) is 12.1. The molecule has 2 atom stereocenters. The molecule has 16 heavy (non-hydrogen) atoms. The normalized spacial score (nSPS) is 24.3. The van der Waals surface area contributed by atoms with Crippen LogP contribution in [0.1, 0.15) is 13.8 Å². The van der Waals surface area contributed by atoms with Crippen LogP contribution in [-0.4, -0.2) is 44.5 Å². The van der Waals surface area contributed by atoms with Gasteiger partial charge < -0.3 is 18.8 Å². The predicted molar refractivity (Wildman–Crippen MR) is 54.6 cm³/mol. The third-order valence-corrected chi connectivity index (χ3v) is 1.99. The van der Waals surface area contributed by atoms with E-state index in [1.807, 2.05) is 0 Å². The molecular formula is C9H15BO6. The van der Waals surface area contributed by atoms with Crippen molar-refractivity contribution in [3.8, 4) is 0 Å². The van der Waals surface area contributed by atoms with Gasteiger partial charge in [-0.2, -0.15) is 0 Å². The second-order valence-corrected chi connectivity index (χ2v) is 3.19. The van der Waals surface area contributed by atoms with E-state index in [-0.39, 0.29) is 13.2 Å². The summed E-state index contributed by atoms with van der Waals surface area (Å²) in [5, 5.41) is 0. The van der Waals surface area contributed by atoms with Crippen molar-refractivity contribution < 1.29 is 28.4 Å². The van der Waals surface area contributed by atoms with E-state index in [0.717, 1.165) is 0 Å². The van der Waals surface area contributed by atoms with E-state index < -0.39 is 31.3 Å². The third-order valence-electron chi connectivity index (χ3n) is 1.99. The molecule has 7 heteroatoms. The van der Waals surface area contributed by atoms with Gasteiger partial charge in [-0.25, -0.2) is 9.59 Å². The Kier molecular flexibility index (Phi) is 4.76. The van der Waals surface area contributed by atoms with Gasteiger partial charge >= 0.3 is 19.1 Å². The second-order valence-electron chi connectivity index (χ2n) is 3.19. The Morgan fingerprint density at radius 1 is 1.06 bits per heavy atom. The van der Waals surface area contributed by atoms with Gasteiger partial charge in [-0.15, -0.1) is 0 Å². The molecule has 0 amide bonds. The molecule has 1 heterocycles. The van der Waals surface area contributed by atoms with Crippen LogP contribution in [0.15, 0.2) is 0 Å². The van der Waals surface area contributed by atoms with E-state index in [9.17, 15) is 9.59 Å². The number of carbonyl (C=O) groups is 2. The fourth-order valence-electron chi connectivity index (χ4n) is 1.39. The van der Waals surface area contributed by atoms with Crippen LogP contribution in [0.5, 0.6) is 0 Å². The van der Waals surface area contributed by atoms with Gasteiger partial charge in [0.1, 0.15) is 0 Å². The van der Waals surface area contributed by atoms with Crippen molar-refractivity contribution in [3.63, 3.8) is 0 Å². The molecule has 0 N–H and O–H groups in total. The van der Waals surface area contributed by atoms with Gasteiger partial charge in [0.25, 0.3) is 0 Å². The highest BCUT2D eigenvalue weighted by Gasteiger charge is 2.46. The standard InChI is InChI=1S/C9H15BO6/c1-4-13-8(11)6-7(9(12)14-5-2)16-10(3)15-6/h6-7H,4-5H2,1-3H3/t6-,7-/m0/s1. The molecule has 0 saturated carbocycles. The fraction of sp³-hybridized carbons (Fsp3) is 0.778. The van der Waals surface area contributed by atoms with E-state index in [0.29, 0.717) is 0 Å². The van der Waals surface area contributed by atoms with Crippen LogP contribution in [0.3, 0.4) is 0 Å². The molecule has 0 aromatic rings. The lowest BCUT2D eigenvalue weighted by molar-refractivity contribution is -0.163. The van der Waals surface area contributed by atoms with Gasteiger partial charge in [-0.3, -0.25) is 0 Å². The highest BCUT2D eigenvalue weighted by Crippen LogP contribution is 2.19. The molecule has 1 aliphatic rings.